The molecule has 154 valence electrons. The Morgan fingerprint density at radius 1 is 1.11 bits per heavy atom. The molecule has 0 aromatic heterocycles. The summed E-state index contributed by atoms with van der Waals surface area (Å²) in [5.41, 5.74) is -0.168. The van der Waals surface area contributed by atoms with Crippen LogP contribution in [-0.4, -0.2) is 42.2 Å². The number of nitro benzene ring substituents is 1. The summed E-state index contributed by atoms with van der Waals surface area (Å²) in [5, 5.41) is 13.9. The van der Waals surface area contributed by atoms with E-state index in [2.05, 4.69) is 12.2 Å². The summed E-state index contributed by atoms with van der Waals surface area (Å²) >= 11 is 0. The van der Waals surface area contributed by atoms with E-state index in [0.29, 0.717) is 18.8 Å². The Balaban J connectivity index is 1.76. The van der Waals surface area contributed by atoms with Crippen molar-refractivity contribution >= 4 is 21.6 Å². The first-order valence-corrected chi connectivity index (χ1v) is 11.3. The second-order valence-corrected chi connectivity index (χ2v) is 9.73. The molecule has 1 heterocycles. The van der Waals surface area contributed by atoms with Gasteiger partial charge in [-0.3, -0.25) is 14.9 Å². The predicted molar refractivity (Wildman–Crippen MR) is 104 cm³/mol. The number of rotatable bonds is 5. The van der Waals surface area contributed by atoms with Crippen molar-refractivity contribution in [2.75, 3.05) is 6.54 Å². The van der Waals surface area contributed by atoms with Crippen LogP contribution in [0.5, 0.6) is 0 Å². The fourth-order valence-electron chi connectivity index (χ4n) is 4.03. The number of carbonyl (C=O) groups is 1. The topological polar surface area (TPSA) is 110 Å². The molecule has 9 heteroatoms. The first-order valence-electron chi connectivity index (χ1n) is 9.85. The molecule has 1 aromatic rings. The van der Waals surface area contributed by atoms with E-state index in [1.54, 1.807) is 0 Å². The van der Waals surface area contributed by atoms with Gasteiger partial charge in [0.05, 0.1) is 9.82 Å². The first-order chi connectivity index (χ1) is 13.3. The minimum atomic E-state index is -3.90. The molecule has 1 aliphatic carbocycles. The molecule has 1 atom stereocenters. The van der Waals surface area contributed by atoms with Gasteiger partial charge in [0.2, 0.25) is 15.9 Å². The van der Waals surface area contributed by atoms with Crippen LogP contribution in [0.15, 0.2) is 29.2 Å². The highest BCUT2D eigenvalue weighted by atomic mass is 32.2. The molecule has 1 saturated carbocycles. The van der Waals surface area contributed by atoms with Crippen LogP contribution in [0.4, 0.5) is 5.69 Å². The SMILES string of the molecule is CC1CCC(NC(=O)[C@H]2CCCCN2S(=O)(=O)c2ccc([N+](=O)[O-])cc2)CC1. The summed E-state index contributed by atoms with van der Waals surface area (Å²) in [6.45, 7) is 2.48. The quantitative estimate of drug-likeness (QED) is 0.594. The fraction of sp³-hybridized carbons (Fsp3) is 0.632. The van der Waals surface area contributed by atoms with E-state index < -0.39 is 21.0 Å². The lowest BCUT2D eigenvalue weighted by Gasteiger charge is -2.35. The van der Waals surface area contributed by atoms with Crippen LogP contribution in [0, 0.1) is 16.0 Å². The van der Waals surface area contributed by atoms with Gasteiger partial charge in [-0.1, -0.05) is 13.3 Å². The van der Waals surface area contributed by atoms with Crippen LogP contribution < -0.4 is 5.32 Å². The molecule has 2 aliphatic rings. The highest BCUT2D eigenvalue weighted by Gasteiger charge is 2.38. The van der Waals surface area contributed by atoms with E-state index in [1.807, 2.05) is 0 Å². The number of nitrogens with zero attached hydrogens (tertiary/aromatic N) is 2. The zero-order chi connectivity index (χ0) is 20.3. The van der Waals surface area contributed by atoms with Gasteiger partial charge in [0.1, 0.15) is 6.04 Å². The molecule has 8 nitrogen and oxygen atoms in total. The van der Waals surface area contributed by atoms with Gasteiger partial charge >= 0.3 is 0 Å². The second-order valence-electron chi connectivity index (χ2n) is 7.84. The predicted octanol–water partition coefficient (Wildman–Crippen LogP) is 2.83. The van der Waals surface area contributed by atoms with Gasteiger partial charge in [-0.2, -0.15) is 4.31 Å². The van der Waals surface area contributed by atoms with Crippen molar-refractivity contribution in [2.45, 2.75) is 68.8 Å². The van der Waals surface area contributed by atoms with Crippen LogP contribution in [0.3, 0.4) is 0 Å². The third-order valence-corrected chi connectivity index (χ3v) is 7.70. The van der Waals surface area contributed by atoms with Crippen LogP contribution in [0.1, 0.15) is 51.9 Å². The number of non-ortho nitro benzene ring substituents is 1. The summed E-state index contributed by atoms with van der Waals surface area (Å²) in [7, 11) is -3.90. The molecule has 0 radical (unpaired) electrons. The maximum absolute atomic E-state index is 13.1. The molecular formula is C19H27N3O5S. The van der Waals surface area contributed by atoms with Crippen molar-refractivity contribution < 1.29 is 18.1 Å². The van der Waals surface area contributed by atoms with Gasteiger partial charge in [0, 0.05) is 24.7 Å². The summed E-state index contributed by atoms with van der Waals surface area (Å²) in [6, 6.07) is 4.20. The van der Waals surface area contributed by atoms with Crippen molar-refractivity contribution in [1.82, 2.24) is 9.62 Å². The minimum Gasteiger partial charge on any atom is -0.352 e. The Hall–Kier alpha value is -2.00. The summed E-state index contributed by atoms with van der Waals surface area (Å²) in [4.78, 5) is 23.1. The lowest BCUT2D eigenvalue weighted by molar-refractivity contribution is -0.384. The summed E-state index contributed by atoms with van der Waals surface area (Å²) in [5.74, 6) is 0.437. The molecule has 1 N–H and O–H groups in total. The molecule has 1 saturated heterocycles. The molecule has 1 aromatic carbocycles. The summed E-state index contributed by atoms with van der Waals surface area (Å²) < 4.78 is 27.5. The largest absolute Gasteiger partial charge is 0.352 e. The normalized spacial score (nSPS) is 26.5. The van der Waals surface area contributed by atoms with E-state index in [-0.39, 0.29) is 29.1 Å². The highest BCUT2D eigenvalue weighted by molar-refractivity contribution is 7.89. The van der Waals surface area contributed by atoms with Gasteiger partial charge < -0.3 is 5.32 Å². The van der Waals surface area contributed by atoms with Gasteiger partial charge in [-0.25, -0.2) is 8.42 Å². The molecule has 2 fully saturated rings. The Morgan fingerprint density at radius 3 is 2.36 bits per heavy atom. The van der Waals surface area contributed by atoms with Crippen LogP contribution >= 0.6 is 0 Å². The molecule has 28 heavy (non-hydrogen) atoms. The number of amides is 1. The fourth-order valence-corrected chi connectivity index (χ4v) is 5.69. The molecule has 3 rings (SSSR count). The van der Waals surface area contributed by atoms with E-state index in [1.165, 1.54) is 28.6 Å². The third kappa shape index (κ3) is 4.52. The van der Waals surface area contributed by atoms with E-state index >= 15 is 0 Å². The molecule has 0 bridgehead atoms. The smallest absolute Gasteiger partial charge is 0.269 e. The van der Waals surface area contributed by atoms with Crippen LogP contribution in [-0.2, 0) is 14.8 Å². The van der Waals surface area contributed by atoms with Crippen LogP contribution in [0.25, 0.3) is 0 Å². The zero-order valence-corrected chi connectivity index (χ0v) is 16.9. The lowest BCUT2D eigenvalue weighted by atomic mass is 9.87. The molecule has 0 unspecified atom stereocenters. The number of nitro groups is 1. The van der Waals surface area contributed by atoms with Gasteiger partial charge in [-0.15, -0.1) is 0 Å². The lowest BCUT2D eigenvalue weighted by Crippen LogP contribution is -2.53. The Bertz CT molecular complexity index is 816. The number of benzene rings is 1. The number of piperidine rings is 1. The average Bonchev–Trinajstić information content (AvgIpc) is 2.69. The second kappa shape index (κ2) is 8.57. The third-order valence-electron chi connectivity index (χ3n) is 5.77. The van der Waals surface area contributed by atoms with Gasteiger partial charge in [-0.05, 0) is 56.6 Å². The standard InChI is InChI=1S/C19H27N3O5S/c1-14-5-7-15(8-6-14)20-19(23)18-4-2-3-13-21(18)28(26,27)17-11-9-16(10-12-17)22(24)25/h9-12,14-15,18H,2-8,13H2,1H3,(H,20,23)/t14?,15?,18-/m1/s1. The number of hydrogen-bond donors (Lipinski definition) is 1. The minimum absolute atomic E-state index is 0.0238. The van der Waals surface area contributed by atoms with Crippen molar-refractivity contribution in [3.63, 3.8) is 0 Å². The van der Waals surface area contributed by atoms with E-state index in [0.717, 1.165) is 32.1 Å². The Kier molecular flexibility index (Phi) is 6.34. The van der Waals surface area contributed by atoms with Crippen molar-refractivity contribution in [2.24, 2.45) is 5.92 Å². The van der Waals surface area contributed by atoms with Gasteiger partial charge in [0.15, 0.2) is 0 Å². The maximum atomic E-state index is 13.1. The van der Waals surface area contributed by atoms with Crippen molar-refractivity contribution in [3.05, 3.63) is 34.4 Å². The van der Waals surface area contributed by atoms with Gasteiger partial charge in [0.25, 0.3) is 5.69 Å². The van der Waals surface area contributed by atoms with E-state index in [9.17, 15) is 23.3 Å². The Labute approximate surface area is 165 Å². The number of carbonyl (C=O) groups excluding carboxylic acids is 1. The van der Waals surface area contributed by atoms with Crippen LogP contribution in [0.2, 0.25) is 0 Å². The van der Waals surface area contributed by atoms with Crippen molar-refractivity contribution in [1.29, 1.82) is 0 Å². The van der Waals surface area contributed by atoms with E-state index in [4.69, 9.17) is 0 Å². The van der Waals surface area contributed by atoms with Crippen molar-refractivity contribution in [3.8, 4) is 0 Å². The molecule has 0 spiro atoms. The number of hydrogen-bond acceptors (Lipinski definition) is 5. The highest BCUT2D eigenvalue weighted by Crippen LogP contribution is 2.28. The zero-order valence-electron chi connectivity index (χ0n) is 16.0. The number of sulfonamides is 1. The molecule has 1 aliphatic heterocycles. The maximum Gasteiger partial charge on any atom is 0.269 e. The molecular weight excluding hydrogens is 382 g/mol. The monoisotopic (exact) mass is 409 g/mol. The Morgan fingerprint density at radius 2 is 1.75 bits per heavy atom. The summed E-state index contributed by atoms with van der Waals surface area (Å²) in [6.07, 6.45) is 5.97. The average molecular weight is 410 g/mol. The molecule has 1 amide bonds. The first kappa shape index (κ1) is 20.7. The number of nitrogens with one attached hydrogen (secondary N) is 1.